The minimum atomic E-state index is -4.38. The number of alkyl halides is 2. The summed E-state index contributed by atoms with van der Waals surface area (Å²) in [7, 11) is 0.979. The fraction of sp³-hybridized carbons (Fsp3) is 0.593. The van der Waals surface area contributed by atoms with Crippen LogP contribution in [0.5, 0.6) is 0 Å². The molecule has 216 valence electrons. The van der Waals surface area contributed by atoms with Crippen LogP contribution in [0.2, 0.25) is 0 Å². The molecule has 0 bridgehead atoms. The molecule has 3 N–H and O–H groups in total. The van der Waals surface area contributed by atoms with Gasteiger partial charge >= 0.3 is 12.0 Å². The third-order valence-corrected chi connectivity index (χ3v) is 6.18. The Labute approximate surface area is 227 Å². The summed E-state index contributed by atoms with van der Waals surface area (Å²) in [6, 6.07) is 4.41. The lowest BCUT2D eigenvalue weighted by atomic mass is 9.97. The Morgan fingerprint density at radius 2 is 1.67 bits per heavy atom. The molecule has 0 radical (unpaired) electrons. The quantitative estimate of drug-likeness (QED) is 0.381. The van der Waals surface area contributed by atoms with E-state index in [0.717, 1.165) is 7.05 Å². The van der Waals surface area contributed by atoms with Gasteiger partial charge in [-0.3, -0.25) is 19.2 Å². The van der Waals surface area contributed by atoms with Crippen LogP contribution in [0.1, 0.15) is 53.0 Å². The Morgan fingerprint density at radius 3 is 2.21 bits per heavy atom. The van der Waals surface area contributed by atoms with Crippen molar-refractivity contribution in [1.29, 1.82) is 0 Å². The van der Waals surface area contributed by atoms with Gasteiger partial charge < -0.3 is 25.6 Å². The number of carbonyl (C=O) groups is 5. The maximum absolute atomic E-state index is 14.6. The zero-order chi connectivity index (χ0) is 29.5. The van der Waals surface area contributed by atoms with Crippen molar-refractivity contribution >= 4 is 29.6 Å². The first-order valence-electron chi connectivity index (χ1n) is 12.9. The number of hydrogen-bond donors (Lipinski definition) is 3. The number of benzene rings is 1. The molecule has 10 nitrogen and oxygen atoms in total. The molecular weight excluding hydrogens is 514 g/mol. The highest BCUT2D eigenvalue weighted by atomic mass is 19.3. The van der Waals surface area contributed by atoms with E-state index in [9.17, 15) is 32.8 Å². The first-order chi connectivity index (χ1) is 18.1. The second-order valence-electron chi connectivity index (χ2n) is 10.8. The number of ketones is 1. The molecule has 1 heterocycles. The zero-order valence-corrected chi connectivity index (χ0v) is 23.2. The molecule has 4 amide bonds. The van der Waals surface area contributed by atoms with E-state index in [0.29, 0.717) is 12.0 Å². The number of likely N-dealkylation sites (tertiary alicyclic amines) is 1. The lowest BCUT2D eigenvalue weighted by Gasteiger charge is -2.32. The van der Waals surface area contributed by atoms with Gasteiger partial charge in [-0.25, -0.2) is 4.79 Å². The van der Waals surface area contributed by atoms with Crippen LogP contribution in [0.15, 0.2) is 30.3 Å². The van der Waals surface area contributed by atoms with E-state index < -0.39 is 59.2 Å². The minimum absolute atomic E-state index is 0.196. The number of nitrogens with one attached hydrogen (secondary N) is 3. The number of halogens is 2. The van der Waals surface area contributed by atoms with Gasteiger partial charge in [0.05, 0.1) is 6.04 Å². The van der Waals surface area contributed by atoms with E-state index >= 15 is 0 Å². The molecule has 1 aliphatic heterocycles. The molecule has 0 saturated carbocycles. The predicted octanol–water partition coefficient (Wildman–Crippen LogP) is 2.20. The van der Waals surface area contributed by atoms with Crippen LogP contribution in [0.25, 0.3) is 0 Å². The number of ether oxygens (including phenoxy) is 1. The van der Waals surface area contributed by atoms with Gasteiger partial charge in [-0.15, -0.1) is 0 Å². The number of amides is 4. The standard InChI is InChI=1S/C27H38F2N4O6/c1-16(2)20(32-25(38)39-26(3,4)5)23(36)33-14-10-13-19(33)22(35)31-18(15-17-11-8-7-9-12-17)21(34)27(28,29)24(37)30-6/h7-9,11-12,16,18-20H,10,13-15H2,1-6H3,(H,30,37)(H,31,35)(H,32,38)/t18?,19-,20-/m0/s1. The number of nitrogens with zero attached hydrogens (tertiary/aromatic N) is 1. The summed E-state index contributed by atoms with van der Waals surface area (Å²) in [6.45, 7) is 8.68. The van der Waals surface area contributed by atoms with Gasteiger partial charge in [0.15, 0.2) is 0 Å². The van der Waals surface area contributed by atoms with E-state index in [4.69, 9.17) is 4.74 Å². The highest BCUT2D eigenvalue weighted by molar-refractivity contribution is 6.10. The van der Waals surface area contributed by atoms with E-state index in [1.807, 2.05) is 0 Å². The normalized spacial score (nSPS) is 17.3. The van der Waals surface area contributed by atoms with Crippen molar-refractivity contribution in [1.82, 2.24) is 20.9 Å². The molecule has 1 unspecified atom stereocenters. The summed E-state index contributed by atoms with van der Waals surface area (Å²) < 4.78 is 34.5. The molecule has 1 aliphatic rings. The second-order valence-corrected chi connectivity index (χ2v) is 10.8. The Morgan fingerprint density at radius 1 is 1.05 bits per heavy atom. The SMILES string of the molecule is CNC(=O)C(F)(F)C(=O)C(Cc1ccccc1)NC(=O)[C@@H]1CCCN1C(=O)[C@@H](NC(=O)OC(C)(C)C)C(C)C. The smallest absolute Gasteiger partial charge is 0.408 e. The number of rotatable bonds is 10. The number of alkyl carbamates (subject to hydrolysis) is 1. The topological polar surface area (TPSA) is 134 Å². The third kappa shape index (κ3) is 8.46. The first kappa shape index (κ1) is 31.6. The Hall–Kier alpha value is -3.57. The van der Waals surface area contributed by atoms with E-state index in [2.05, 4.69) is 10.6 Å². The average molecular weight is 553 g/mol. The molecule has 2 rings (SSSR count). The largest absolute Gasteiger partial charge is 0.444 e. The van der Waals surface area contributed by atoms with E-state index in [1.54, 1.807) is 70.3 Å². The molecule has 0 aromatic heterocycles. The number of hydrogen-bond acceptors (Lipinski definition) is 6. The average Bonchev–Trinajstić information content (AvgIpc) is 3.35. The highest BCUT2D eigenvalue weighted by Gasteiger charge is 2.50. The predicted molar refractivity (Wildman–Crippen MR) is 139 cm³/mol. The molecule has 0 aliphatic carbocycles. The van der Waals surface area contributed by atoms with Crippen molar-refractivity contribution in [3.05, 3.63) is 35.9 Å². The van der Waals surface area contributed by atoms with Gasteiger partial charge in [-0.2, -0.15) is 8.78 Å². The lowest BCUT2D eigenvalue weighted by molar-refractivity contribution is -0.160. The van der Waals surface area contributed by atoms with Crippen LogP contribution in [0, 0.1) is 5.92 Å². The summed E-state index contributed by atoms with van der Waals surface area (Å²) >= 11 is 0. The molecule has 3 atom stereocenters. The van der Waals surface area contributed by atoms with Gasteiger partial charge in [0.2, 0.25) is 17.6 Å². The summed E-state index contributed by atoms with van der Waals surface area (Å²) in [5, 5.41) is 6.69. The first-order valence-corrected chi connectivity index (χ1v) is 12.9. The van der Waals surface area contributed by atoms with Crippen LogP contribution >= 0.6 is 0 Å². The molecular formula is C27H38F2N4O6. The van der Waals surface area contributed by atoms with Gasteiger partial charge in [-0.05, 0) is 45.1 Å². The Balaban J connectivity index is 2.26. The van der Waals surface area contributed by atoms with Crippen LogP contribution < -0.4 is 16.0 Å². The lowest BCUT2D eigenvalue weighted by Crippen LogP contribution is -2.59. The van der Waals surface area contributed by atoms with Crippen LogP contribution in [-0.4, -0.2) is 77.7 Å². The summed E-state index contributed by atoms with van der Waals surface area (Å²) in [6.07, 6.45) is -0.396. The Kier molecular flexibility index (Phi) is 10.5. The molecule has 39 heavy (non-hydrogen) atoms. The summed E-state index contributed by atoms with van der Waals surface area (Å²) in [5.74, 6) is -9.62. The van der Waals surface area contributed by atoms with Gasteiger partial charge in [0.1, 0.15) is 17.7 Å². The molecule has 1 aromatic rings. The zero-order valence-electron chi connectivity index (χ0n) is 23.2. The van der Waals surface area contributed by atoms with Crippen molar-refractivity contribution in [3.8, 4) is 0 Å². The number of Topliss-reactive ketones (excluding diaryl/α,β-unsaturated/α-hetero) is 1. The monoisotopic (exact) mass is 552 g/mol. The highest BCUT2D eigenvalue weighted by Crippen LogP contribution is 2.23. The van der Waals surface area contributed by atoms with Gasteiger partial charge in [-0.1, -0.05) is 44.2 Å². The third-order valence-electron chi connectivity index (χ3n) is 6.18. The molecule has 1 saturated heterocycles. The van der Waals surface area contributed by atoms with Crippen molar-refractivity contribution in [2.75, 3.05) is 13.6 Å². The molecule has 0 spiro atoms. The van der Waals surface area contributed by atoms with Crippen molar-refractivity contribution in [2.45, 2.75) is 83.5 Å². The van der Waals surface area contributed by atoms with Crippen LogP contribution in [-0.2, 0) is 30.3 Å². The second kappa shape index (κ2) is 13.0. The molecule has 1 fully saturated rings. The summed E-state index contributed by atoms with van der Waals surface area (Å²) in [5.41, 5.74) is -0.299. The molecule has 1 aromatic carbocycles. The van der Waals surface area contributed by atoms with Crippen LogP contribution in [0.3, 0.4) is 0 Å². The van der Waals surface area contributed by atoms with Crippen molar-refractivity contribution < 1.29 is 37.5 Å². The fourth-order valence-electron chi connectivity index (χ4n) is 4.24. The van der Waals surface area contributed by atoms with E-state index in [1.165, 1.54) is 4.90 Å². The summed E-state index contributed by atoms with van der Waals surface area (Å²) in [4.78, 5) is 64.9. The fourth-order valence-corrected chi connectivity index (χ4v) is 4.24. The maximum atomic E-state index is 14.6. The van der Waals surface area contributed by atoms with Gasteiger partial charge in [0, 0.05) is 20.0 Å². The maximum Gasteiger partial charge on any atom is 0.408 e. The minimum Gasteiger partial charge on any atom is -0.444 e. The Bertz CT molecular complexity index is 1060. The van der Waals surface area contributed by atoms with Crippen molar-refractivity contribution in [2.24, 2.45) is 5.92 Å². The number of carbonyl (C=O) groups excluding carboxylic acids is 5. The van der Waals surface area contributed by atoms with Gasteiger partial charge in [0.25, 0.3) is 5.91 Å². The van der Waals surface area contributed by atoms with Crippen LogP contribution in [0.4, 0.5) is 13.6 Å². The molecule has 12 heteroatoms. The van der Waals surface area contributed by atoms with Crippen molar-refractivity contribution in [3.63, 3.8) is 0 Å². The van der Waals surface area contributed by atoms with E-state index in [-0.39, 0.29) is 25.3 Å².